The van der Waals surface area contributed by atoms with E-state index >= 15 is 0 Å². The molecule has 1 saturated heterocycles. The van der Waals surface area contributed by atoms with Gasteiger partial charge in [0.2, 0.25) is 11.8 Å². The minimum Gasteiger partial charge on any atom is -0.339 e. The molecule has 2 aromatic rings. The van der Waals surface area contributed by atoms with E-state index < -0.39 is 0 Å². The number of benzene rings is 1. The maximum absolute atomic E-state index is 12.6. The molecule has 1 aliphatic rings. The molecule has 25 heavy (non-hydrogen) atoms. The van der Waals surface area contributed by atoms with Crippen molar-refractivity contribution in [2.45, 2.75) is 27.2 Å². The lowest BCUT2D eigenvalue weighted by atomic mass is 10.1. The molecule has 1 fully saturated rings. The molecule has 2 heterocycles. The average Bonchev–Trinajstić information content (AvgIpc) is 2.88. The number of fused-ring (bicyclic) bond motifs is 1. The van der Waals surface area contributed by atoms with Crippen LogP contribution in [0.5, 0.6) is 0 Å². The summed E-state index contributed by atoms with van der Waals surface area (Å²) in [6, 6.07) is 6.02. The van der Waals surface area contributed by atoms with Crippen LogP contribution in [-0.2, 0) is 23.1 Å². The highest BCUT2D eigenvalue weighted by molar-refractivity contribution is 5.83. The van der Waals surface area contributed by atoms with Crippen LogP contribution < -0.4 is 0 Å². The number of carbonyl (C=O) groups is 2. The van der Waals surface area contributed by atoms with E-state index in [1.165, 1.54) is 0 Å². The molecule has 0 unspecified atom stereocenters. The summed E-state index contributed by atoms with van der Waals surface area (Å²) in [7, 11) is 1.99. The molecule has 1 aliphatic heterocycles. The third-order valence-corrected chi connectivity index (χ3v) is 4.96. The van der Waals surface area contributed by atoms with Gasteiger partial charge in [0, 0.05) is 39.1 Å². The predicted octanol–water partition coefficient (Wildman–Crippen LogP) is 1.75. The Morgan fingerprint density at radius 1 is 1.12 bits per heavy atom. The van der Waals surface area contributed by atoms with Crippen molar-refractivity contribution in [1.82, 2.24) is 19.4 Å². The molecule has 1 aromatic carbocycles. The molecule has 0 aliphatic carbocycles. The van der Waals surface area contributed by atoms with Crippen LogP contribution in [0.25, 0.3) is 11.0 Å². The Bertz CT molecular complexity index is 801. The number of rotatable bonds is 3. The van der Waals surface area contributed by atoms with Gasteiger partial charge in [0.15, 0.2) is 0 Å². The first-order valence-electron chi connectivity index (χ1n) is 8.85. The molecule has 6 heteroatoms. The van der Waals surface area contributed by atoms with Gasteiger partial charge in [-0.25, -0.2) is 4.98 Å². The number of aromatic nitrogens is 2. The second-order valence-electron chi connectivity index (χ2n) is 7.08. The Morgan fingerprint density at radius 2 is 1.76 bits per heavy atom. The first kappa shape index (κ1) is 17.5. The van der Waals surface area contributed by atoms with E-state index in [1.807, 2.05) is 60.4 Å². The summed E-state index contributed by atoms with van der Waals surface area (Å²) in [5, 5.41) is 0. The Hall–Kier alpha value is -2.37. The van der Waals surface area contributed by atoms with Crippen molar-refractivity contribution in [1.29, 1.82) is 0 Å². The highest BCUT2D eigenvalue weighted by Crippen LogP contribution is 2.17. The minimum absolute atomic E-state index is 0.0100. The molecule has 0 radical (unpaired) electrons. The molecular weight excluding hydrogens is 316 g/mol. The Labute approximate surface area is 148 Å². The van der Waals surface area contributed by atoms with E-state index in [1.54, 1.807) is 0 Å². The molecule has 0 atom stereocenters. The van der Waals surface area contributed by atoms with Crippen molar-refractivity contribution in [3.63, 3.8) is 0 Å². The number of piperazine rings is 1. The van der Waals surface area contributed by atoms with E-state index in [0.29, 0.717) is 32.6 Å². The average molecular weight is 342 g/mol. The Kier molecular flexibility index (Phi) is 4.79. The zero-order valence-corrected chi connectivity index (χ0v) is 15.5. The number of hydrogen-bond donors (Lipinski definition) is 0. The van der Waals surface area contributed by atoms with Crippen LogP contribution in [0.1, 0.15) is 25.2 Å². The summed E-state index contributed by atoms with van der Waals surface area (Å²) < 4.78 is 2.05. The monoisotopic (exact) mass is 342 g/mol. The molecule has 0 saturated carbocycles. The normalized spacial score (nSPS) is 15.2. The van der Waals surface area contributed by atoms with Crippen LogP contribution in [-0.4, -0.2) is 57.3 Å². The lowest BCUT2D eigenvalue weighted by Crippen LogP contribution is -2.51. The van der Waals surface area contributed by atoms with Crippen molar-refractivity contribution >= 4 is 22.8 Å². The van der Waals surface area contributed by atoms with E-state index in [2.05, 4.69) is 4.98 Å². The van der Waals surface area contributed by atoms with Gasteiger partial charge in [0.05, 0.1) is 17.5 Å². The van der Waals surface area contributed by atoms with Crippen molar-refractivity contribution in [3.8, 4) is 0 Å². The summed E-state index contributed by atoms with van der Waals surface area (Å²) in [5.74, 6) is 1.26. The minimum atomic E-state index is 0.0100. The van der Waals surface area contributed by atoms with E-state index in [4.69, 9.17) is 0 Å². The van der Waals surface area contributed by atoms with Crippen LogP contribution in [0, 0.1) is 12.8 Å². The number of hydrogen-bond acceptors (Lipinski definition) is 3. The third kappa shape index (κ3) is 3.52. The van der Waals surface area contributed by atoms with Crippen LogP contribution in [0.4, 0.5) is 0 Å². The summed E-state index contributed by atoms with van der Waals surface area (Å²) in [6.45, 7) is 8.28. The van der Waals surface area contributed by atoms with Gasteiger partial charge in [-0.15, -0.1) is 0 Å². The lowest BCUT2D eigenvalue weighted by molar-refractivity contribution is -0.141. The molecule has 3 rings (SSSR count). The molecule has 0 bridgehead atoms. The van der Waals surface area contributed by atoms with Gasteiger partial charge < -0.3 is 14.4 Å². The molecule has 134 valence electrons. The second-order valence-corrected chi connectivity index (χ2v) is 7.08. The van der Waals surface area contributed by atoms with Crippen molar-refractivity contribution in [2.75, 3.05) is 26.2 Å². The van der Waals surface area contributed by atoms with Crippen molar-refractivity contribution in [2.24, 2.45) is 13.0 Å². The van der Waals surface area contributed by atoms with Gasteiger partial charge in [-0.3, -0.25) is 9.59 Å². The molecule has 6 nitrogen and oxygen atoms in total. The number of nitrogens with zero attached hydrogens (tertiary/aromatic N) is 4. The molecule has 1 aromatic heterocycles. The lowest BCUT2D eigenvalue weighted by Gasteiger charge is -2.35. The van der Waals surface area contributed by atoms with Crippen molar-refractivity contribution < 1.29 is 9.59 Å². The summed E-state index contributed by atoms with van der Waals surface area (Å²) in [6.07, 6.45) is 0.379. The third-order valence-electron chi connectivity index (χ3n) is 4.96. The predicted molar refractivity (Wildman–Crippen MR) is 97.2 cm³/mol. The fourth-order valence-electron chi connectivity index (χ4n) is 3.30. The Balaban J connectivity index is 1.62. The smallest absolute Gasteiger partial charge is 0.227 e. The number of carbonyl (C=O) groups excluding carboxylic acids is 2. The maximum atomic E-state index is 12.6. The van der Waals surface area contributed by atoms with Crippen LogP contribution in [0.3, 0.4) is 0 Å². The SMILES string of the molecule is Cc1nc2cc(CC(=O)N3CCN(C(=O)C(C)C)CC3)ccc2n1C. The van der Waals surface area contributed by atoms with E-state index in [0.717, 1.165) is 22.4 Å². The molecule has 0 spiro atoms. The van der Waals surface area contributed by atoms with Gasteiger partial charge in [-0.05, 0) is 24.6 Å². The second kappa shape index (κ2) is 6.86. The quantitative estimate of drug-likeness (QED) is 0.854. The summed E-state index contributed by atoms with van der Waals surface area (Å²) in [4.78, 5) is 32.9. The number of aryl methyl sites for hydroxylation is 2. The largest absolute Gasteiger partial charge is 0.339 e. The highest BCUT2D eigenvalue weighted by atomic mass is 16.2. The fraction of sp³-hybridized carbons (Fsp3) is 0.526. The first-order valence-corrected chi connectivity index (χ1v) is 8.85. The van der Waals surface area contributed by atoms with Gasteiger partial charge in [-0.2, -0.15) is 0 Å². The topological polar surface area (TPSA) is 58.4 Å². The van der Waals surface area contributed by atoms with E-state index in [-0.39, 0.29) is 17.7 Å². The van der Waals surface area contributed by atoms with Gasteiger partial charge in [-0.1, -0.05) is 19.9 Å². The highest BCUT2D eigenvalue weighted by Gasteiger charge is 2.25. The van der Waals surface area contributed by atoms with Crippen LogP contribution >= 0.6 is 0 Å². The van der Waals surface area contributed by atoms with E-state index in [9.17, 15) is 9.59 Å². The zero-order chi connectivity index (χ0) is 18.1. The van der Waals surface area contributed by atoms with Gasteiger partial charge in [0.25, 0.3) is 0 Å². The molecular formula is C19H26N4O2. The maximum Gasteiger partial charge on any atom is 0.227 e. The molecule has 0 N–H and O–H groups in total. The summed E-state index contributed by atoms with van der Waals surface area (Å²) in [5.41, 5.74) is 2.99. The number of amides is 2. The van der Waals surface area contributed by atoms with Gasteiger partial charge >= 0.3 is 0 Å². The van der Waals surface area contributed by atoms with Crippen molar-refractivity contribution in [3.05, 3.63) is 29.6 Å². The molecule has 2 amide bonds. The first-order chi connectivity index (χ1) is 11.9. The fourth-order valence-corrected chi connectivity index (χ4v) is 3.30. The van der Waals surface area contributed by atoms with Crippen LogP contribution in [0.2, 0.25) is 0 Å². The summed E-state index contributed by atoms with van der Waals surface area (Å²) >= 11 is 0. The number of imidazole rings is 1. The Morgan fingerprint density at radius 3 is 2.40 bits per heavy atom. The zero-order valence-electron chi connectivity index (χ0n) is 15.5. The standard InChI is InChI=1S/C19H26N4O2/c1-13(2)19(25)23-9-7-22(8-10-23)18(24)12-15-5-6-17-16(11-15)20-14(3)21(17)4/h5-6,11,13H,7-10,12H2,1-4H3. The van der Waals surface area contributed by atoms with Gasteiger partial charge in [0.1, 0.15) is 5.82 Å². The van der Waals surface area contributed by atoms with Crippen LogP contribution in [0.15, 0.2) is 18.2 Å².